The second-order valence-corrected chi connectivity index (χ2v) is 3.83. The van der Waals surface area contributed by atoms with Crippen molar-refractivity contribution in [1.82, 2.24) is 0 Å². The minimum absolute atomic E-state index is 0.610. The van der Waals surface area contributed by atoms with Crippen LogP contribution in [0.15, 0.2) is 11.6 Å². The molecule has 0 amide bonds. The van der Waals surface area contributed by atoms with Crippen LogP contribution in [0.5, 0.6) is 0 Å². The number of hydrogen-bond donors (Lipinski definition) is 0. The summed E-state index contributed by atoms with van der Waals surface area (Å²) in [5, 5.41) is 0. The van der Waals surface area contributed by atoms with Crippen LogP contribution in [-0.2, 0) is 0 Å². The lowest BCUT2D eigenvalue weighted by Crippen LogP contribution is -2.20. The zero-order valence-electron chi connectivity index (χ0n) is 6.85. The standard InChI is InChI=1S/C9H14S/c1-6-4-7(2)8(3)9(10)5-6/h5,7-8H,4H2,1-3H3. The van der Waals surface area contributed by atoms with Crippen LogP contribution in [-0.4, -0.2) is 4.86 Å². The lowest BCUT2D eigenvalue weighted by atomic mass is 9.82. The van der Waals surface area contributed by atoms with E-state index in [1.54, 1.807) is 0 Å². The number of rotatable bonds is 0. The molecule has 0 nitrogen and oxygen atoms in total. The second-order valence-electron chi connectivity index (χ2n) is 3.36. The van der Waals surface area contributed by atoms with Gasteiger partial charge in [0, 0.05) is 4.86 Å². The summed E-state index contributed by atoms with van der Waals surface area (Å²) in [5.41, 5.74) is 1.44. The van der Waals surface area contributed by atoms with E-state index in [1.807, 2.05) is 0 Å². The second kappa shape index (κ2) is 2.83. The summed E-state index contributed by atoms with van der Waals surface area (Å²) in [5.74, 6) is 1.36. The lowest BCUT2D eigenvalue weighted by Gasteiger charge is -2.24. The SMILES string of the molecule is CC1=CC(=S)C(C)C(C)C1. The molecule has 0 spiro atoms. The first-order valence-electron chi connectivity index (χ1n) is 3.82. The topological polar surface area (TPSA) is 0 Å². The molecule has 0 aromatic carbocycles. The van der Waals surface area contributed by atoms with Crippen molar-refractivity contribution < 1.29 is 0 Å². The van der Waals surface area contributed by atoms with Gasteiger partial charge in [-0.25, -0.2) is 0 Å². The molecule has 0 heterocycles. The highest BCUT2D eigenvalue weighted by molar-refractivity contribution is 7.80. The average molecular weight is 154 g/mol. The van der Waals surface area contributed by atoms with Crippen LogP contribution < -0.4 is 0 Å². The average Bonchev–Trinajstić information content (AvgIpc) is 1.82. The molecule has 0 aromatic heterocycles. The van der Waals surface area contributed by atoms with Crippen LogP contribution in [0.1, 0.15) is 27.2 Å². The van der Waals surface area contributed by atoms with E-state index in [2.05, 4.69) is 26.8 Å². The Morgan fingerprint density at radius 1 is 1.50 bits per heavy atom. The molecule has 0 saturated carbocycles. The summed E-state index contributed by atoms with van der Waals surface area (Å²) < 4.78 is 0. The van der Waals surface area contributed by atoms with Gasteiger partial charge in [-0.15, -0.1) is 0 Å². The molecule has 0 radical (unpaired) electrons. The van der Waals surface area contributed by atoms with E-state index in [4.69, 9.17) is 12.2 Å². The largest absolute Gasteiger partial charge is 0.0846 e. The Hall–Kier alpha value is -0.170. The van der Waals surface area contributed by atoms with Crippen LogP contribution in [0.3, 0.4) is 0 Å². The summed E-state index contributed by atoms with van der Waals surface area (Å²) in [7, 11) is 0. The molecule has 1 rings (SSSR count). The minimum Gasteiger partial charge on any atom is -0.0846 e. The fourth-order valence-corrected chi connectivity index (χ4v) is 1.83. The number of thiocarbonyl (C=S) groups is 1. The molecule has 56 valence electrons. The van der Waals surface area contributed by atoms with Crippen LogP contribution in [0.2, 0.25) is 0 Å². The monoisotopic (exact) mass is 154 g/mol. The van der Waals surface area contributed by atoms with Gasteiger partial charge in [0.15, 0.2) is 0 Å². The van der Waals surface area contributed by atoms with Gasteiger partial charge >= 0.3 is 0 Å². The molecule has 10 heavy (non-hydrogen) atoms. The molecule has 0 bridgehead atoms. The molecule has 1 heteroatoms. The van der Waals surface area contributed by atoms with E-state index in [0.717, 1.165) is 10.8 Å². The van der Waals surface area contributed by atoms with E-state index in [0.29, 0.717) is 5.92 Å². The molecule has 0 aliphatic heterocycles. The first-order valence-corrected chi connectivity index (χ1v) is 4.23. The summed E-state index contributed by atoms with van der Waals surface area (Å²) in [6.07, 6.45) is 3.38. The third-order valence-corrected chi connectivity index (χ3v) is 2.82. The summed E-state index contributed by atoms with van der Waals surface area (Å²) in [4.78, 5) is 1.14. The summed E-state index contributed by atoms with van der Waals surface area (Å²) in [6, 6.07) is 0. The highest BCUT2D eigenvalue weighted by Gasteiger charge is 2.19. The fourth-order valence-electron chi connectivity index (χ4n) is 1.40. The third kappa shape index (κ3) is 1.46. The fraction of sp³-hybridized carbons (Fsp3) is 0.667. The molecule has 0 aromatic rings. The van der Waals surface area contributed by atoms with Crippen molar-refractivity contribution >= 4 is 17.1 Å². The van der Waals surface area contributed by atoms with Gasteiger partial charge in [0.1, 0.15) is 0 Å². The molecule has 2 unspecified atom stereocenters. The predicted molar refractivity (Wildman–Crippen MR) is 49.3 cm³/mol. The quantitative estimate of drug-likeness (QED) is 0.483. The van der Waals surface area contributed by atoms with E-state index >= 15 is 0 Å². The lowest BCUT2D eigenvalue weighted by molar-refractivity contribution is 0.476. The van der Waals surface area contributed by atoms with E-state index in [-0.39, 0.29) is 0 Å². The van der Waals surface area contributed by atoms with Gasteiger partial charge in [0.05, 0.1) is 0 Å². The van der Waals surface area contributed by atoms with Gasteiger partial charge in [-0.2, -0.15) is 0 Å². The minimum atomic E-state index is 0.610. The van der Waals surface area contributed by atoms with Crippen LogP contribution in [0, 0.1) is 11.8 Å². The zero-order chi connectivity index (χ0) is 7.72. The summed E-state index contributed by atoms with van der Waals surface area (Å²) >= 11 is 5.21. The van der Waals surface area contributed by atoms with Crippen molar-refractivity contribution in [2.45, 2.75) is 27.2 Å². The van der Waals surface area contributed by atoms with Crippen LogP contribution in [0.4, 0.5) is 0 Å². The molecular weight excluding hydrogens is 140 g/mol. The normalized spacial score (nSPS) is 33.9. The first-order chi connectivity index (χ1) is 4.61. The van der Waals surface area contributed by atoms with Crippen LogP contribution >= 0.6 is 12.2 Å². The van der Waals surface area contributed by atoms with Gasteiger partial charge in [0.25, 0.3) is 0 Å². The molecule has 0 N–H and O–H groups in total. The molecule has 1 aliphatic rings. The van der Waals surface area contributed by atoms with Crippen molar-refractivity contribution in [3.8, 4) is 0 Å². The van der Waals surface area contributed by atoms with Crippen molar-refractivity contribution in [2.24, 2.45) is 11.8 Å². The molecule has 2 atom stereocenters. The Kier molecular flexibility index (Phi) is 2.24. The summed E-state index contributed by atoms with van der Waals surface area (Å²) in [6.45, 7) is 6.65. The van der Waals surface area contributed by atoms with Crippen molar-refractivity contribution in [1.29, 1.82) is 0 Å². The maximum Gasteiger partial charge on any atom is 0.0182 e. The van der Waals surface area contributed by atoms with Gasteiger partial charge < -0.3 is 0 Å². The maximum atomic E-state index is 5.21. The Morgan fingerprint density at radius 2 is 2.10 bits per heavy atom. The number of hydrogen-bond acceptors (Lipinski definition) is 1. The Labute approximate surface area is 68.3 Å². The molecule has 0 fully saturated rings. The van der Waals surface area contributed by atoms with E-state index < -0.39 is 0 Å². The highest BCUT2D eigenvalue weighted by Crippen LogP contribution is 2.26. The first kappa shape index (κ1) is 7.93. The predicted octanol–water partition coefficient (Wildman–Crippen LogP) is 2.98. The molecule has 0 saturated heterocycles. The van der Waals surface area contributed by atoms with E-state index in [9.17, 15) is 0 Å². The van der Waals surface area contributed by atoms with Gasteiger partial charge in [-0.05, 0) is 31.3 Å². The van der Waals surface area contributed by atoms with Gasteiger partial charge in [-0.3, -0.25) is 0 Å². The number of allylic oxidation sites excluding steroid dienone is 2. The van der Waals surface area contributed by atoms with Crippen molar-refractivity contribution in [3.63, 3.8) is 0 Å². The van der Waals surface area contributed by atoms with Crippen molar-refractivity contribution in [3.05, 3.63) is 11.6 Å². The van der Waals surface area contributed by atoms with E-state index in [1.165, 1.54) is 12.0 Å². The van der Waals surface area contributed by atoms with Gasteiger partial charge in [0.2, 0.25) is 0 Å². The smallest absolute Gasteiger partial charge is 0.0182 e. The third-order valence-electron chi connectivity index (χ3n) is 2.33. The molecular formula is C9H14S. The molecule has 1 aliphatic carbocycles. The highest BCUT2D eigenvalue weighted by atomic mass is 32.1. The van der Waals surface area contributed by atoms with Crippen molar-refractivity contribution in [2.75, 3.05) is 0 Å². The Morgan fingerprint density at radius 3 is 2.60 bits per heavy atom. The van der Waals surface area contributed by atoms with Crippen LogP contribution in [0.25, 0.3) is 0 Å². The Balaban J connectivity index is 2.79. The maximum absolute atomic E-state index is 5.21. The zero-order valence-corrected chi connectivity index (χ0v) is 7.66. The van der Waals surface area contributed by atoms with Gasteiger partial charge in [-0.1, -0.05) is 31.6 Å². The Bertz CT molecular complexity index is 179.